The van der Waals surface area contributed by atoms with Crippen molar-refractivity contribution in [1.82, 2.24) is 19.7 Å². The van der Waals surface area contributed by atoms with Crippen molar-refractivity contribution in [2.45, 2.75) is 51.5 Å². The number of ether oxygens (including phenoxy) is 1. The van der Waals surface area contributed by atoms with E-state index in [0.29, 0.717) is 12.5 Å². The highest BCUT2D eigenvalue weighted by molar-refractivity contribution is 5.79. The largest absolute Gasteiger partial charge is 0.493 e. The first-order valence-electron chi connectivity index (χ1n) is 9.53. The number of rotatable bonds is 4. The van der Waals surface area contributed by atoms with E-state index in [1.54, 1.807) is 6.33 Å². The van der Waals surface area contributed by atoms with Crippen LogP contribution in [-0.2, 0) is 17.6 Å². The number of fused-ring (bicyclic) bond motifs is 1. The van der Waals surface area contributed by atoms with Crippen molar-refractivity contribution in [3.05, 3.63) is 41.5 Å². The van der Waals surface area contributed by atoms with E-state index in [-0.39, 0.29) is 11.8 Å². The summed E-state index contributed by atoms with van der Waals surface area (Å²) in [6.45, 7) is 6.58. The van der Waals surface area contributed by atoms with Crippen molar-refractivity contribution < 1.29 is 9.53 Å². The molecule has 1 aromatic heterocycles. The number of hydrogen-bond acceptors (Lipinski definition) is 4. The first-order chi connectivity index (χ1) is 12.6. The van der Waals surface area contributed by atoms with Crippen LogP contribution < -0.4 is 4.74 Å². The van der Waals surface area contributed by atoms with Gasteiger partial charge in [-0.2, -0.15) is 0 Å². The molecule has 0 bridgehead atoms. The molecule has 1 fully saturated rings. The smallest absolute Gasteiger partial charge is 0.227 e. The molecule has 1 amide bonds. The number of amides is 1. The van der Waals surface area contributed by atoms with Gasteiger partial charge in [-0.15, -0.1) is 10.2 Å². The average molecular weight is 354 g/mol. The molecule has 2 aliphatic rings. The molecule has 1 atom stereocenters. The third kappa shape index (κ3) is 3.32. The van der Waals surface area contributed by atoms with Crippen molar-refractivity contribution in [1.29, 1.82) is 0 Å². The minimum Gasteiger partial charge on any atom is -0.493 e. The predicted octanol–water partition coefficient (Wildman–Crippen LogP) is 2.74. The Balaban J connectivity index is 1.44. The summed E-state index contributed by atoms with van der Waals surface area (Å²) in [6, 6.07) is 6.46. The van der Waals surface area contributed by atoms with Gasteiger partial charge in [0.1, 0.15) is 17.9 Å². The molecule has 2 aromatic rings. The van der Waals surface area contributed by atoms with E-state index >= 15 is 0 Å². The molecule has 0 radical (unpaired) electrons. The zero-order valence-corrected chi connectivity index (χ0v) is 15.5. The lowest BCUT2D eigenvalue weighted by Gasteiger charge is -2.33. The van der Waals surface area contributed by atoms with Crippen LogP contribution in [-0.4, -0.2) is 45.3 Å². The Morgan fingerprint density at radius 2 is 2.27 bits per heavy atom. The number of carbonyl (C=O) groups excluding carboxylic acids is 1. The minimum atomic E-state index is 0.198. The lowest BCUT2D eigenvalue weighted by Crippen LogP contribution is -2.40. The van der Waals surface area contributed by atoms with Crippen molar-refractivity contribution in [2.75, 3.05) is 19.7 Å². The molecule has 6 nitrogen and oxygen atoms in total. The van der Waals surface area contributed by atoms with Crippen LogP contribution in [0.2, 0.25) is 0 Å². The van der Waals surface area contributed by atoms with Gasteiger partial charge in [0.15, 0.2) is 0 Å². The summed E-state index contributed by atoms with van der Waals surface area (Å²) < 4.78 is 7.67. The number of carbonyl (C=O) groups is 1. The Bertz CT molecular complexity index is 799. The van der Waals surface area contributed by atoms with Crippen LogP contribution in [0.4, 0.5) is 0 Å². The zero-order chi connectivity index (χ0) is 18.1. The minimum absolute atomic E-state index is 0.198. The Hall–Kier alpha value is -2.37. The van der Waals surface area contributed by atoms with Crippen LogP contribution >= 0.6 is 0 Å². The van der Waals surface area contributed by atoms with Crippen LogP contribution in [0.25, 0.3) is 0 Å². The van der Waals surface area contributed by atoms with Gasteiger partial charge < -0.3 is 14.2 Å². The highest BCUT2D eigenvalue weighted by atomic mass is 16.5. The average Bonchev–Trinajstić information content (AvgIpc) is 3.30. The SMILES string of the molecule is CC(C)n1cnnc1C1CCCN(C(=O)Cc2ccc3c(c2)CCO3)C1. The van der Waals surface area contributed by atoms with Gasteiger partial charge in [-0.25, -0.2) is 0 Å². The summed E-state index contributed by atoms with van der Waals surface area (Å²) in [5.74, 6) is 2.44. The van der Waals surface area contributed by atoms with Gasteiger partial charge >= 0.3 is 0 Å². The van der Waals surface area contributed by atoms with Gasteiger partial charge in [0.2, 0.25) is 5.91 Å². The standard InChI is InChI=1S/C20H26N4O2/c1-14(2)24-13-21-22-20(24)17-4-3-8-23(12-17)19(25)11-15-5-6-18-16(10-15)7-9-26-18/h5-6,10,13-14,17H,3-4,7-9,11-12H2,1-2H3. The summed E-state index contributed by atoms with van der Waals surface area (Å²) in [6.07, 6.45) is 5.27. The second-order valence-electron chi connectivity index (χ2n) is 7.59. The van der Waals surface area contributed by atoms with Crippen LogP contribution in [0.5, 0.6) is 5.75 Å². The maximum Gasteiger partial charge on any atom is 0.227 e. The third-order valence-corrected chi connectivity index (χ3v) is 5.41. The second kappa shape index (κ2) is 7.09. The molecular weight excluding hydrogens is 328 g/mol. The molecular formula is C20H26N4O2. The summed E-state index contributed by atoms with van der Waals surface area (Å²) in [5.41, 5.74) is 2.29. The van der Waals surface area contributed by atoms with Crippen molar-refractivity contribution in [2.24, 2.45) is 0 Å². The maximum atomic E-state index is 12.9. The molecule has 1 aromatic carbocycles. The normalized spacial score (nSPS) is 19.5. The molecule has 6 heteroatoms. The molecule has 0 aliphatic carbocycles. The number of hydrogen-bond donors (Lipinski definition) is 0. The monoisotopic (exact) mass is 354 g/mol. The summed E-state index contributed by atoms with van der Waals surface area (Å²) in [7, 11) is 0. The number of nitrogens with zero attached hydrogens (tertiary/aromatic N) is 4. The quantitative estimate of drug-likeness (QED) is 0.847. The van der Waals surface area contributed by atoms with Crippen molar-refractivity contribution in [3.8, 4) is 5.75 Å². The molecule has 1 unspecified atom stereocenters. The van der Waals surface area contributed by atoms with Gasteiger partial charge in [0.25, 0.3) is 0 Å². The van der Waals surface area contributed by atoms with E-state index in [1.165, 1.54) is 5.56 Å². The summed E-state index contributed by atoms with van der Waals surface area (Å²) >= 11 is 0. The zero-order valence-electron chi connectivity index (χ0n) is 15.5. The van der Waals surface area contributed by atoms with E-state index in [1.807, 2.05) is 17.0 Å². The molecule has 0 N–H and O–H groups in total. The van der Waals surface area contributed by atoms with E-state index in [0.717, 1.165) is 56.1 Å². The third-order valence-electron chi connectivity index (χ3n) is 5.41. The van der Waals surface area contributed by atoms with E-state index in [9.17, 15) is 4.79 Å². The lowest BCUT2D eigenvalue weighted by atomic mass is 9.96. The number of piperidine rings is 1. The Morgan fingerprint density at radius 3 is 3.12 bits per heavy atom. The van der Waals surface area contributed by atoms with E-state index < -0.39 is 0 Å². The highest BCUT2D eigenvalue weighted by Crippen LogP contribution is 2.29. The van der Waals surface area contributed by atoms with Crippen molar-refractivity contribution in [3.63, 3.8) is 0 Å². The molecule has 2 aliphatic heterocycles. The summed E-state index contributed by atoms with van der Waals surface area (Å²) in [4.78, 5) is 14.9. The van der Waals surface area contributed by atoms with Gasteiger partial charge in [-0.1, -0.05) is 12.1 Å². The Morgan fingerprint density at radius 1 is 1.38 bits per heavy atom. The molecule has 0 spiro atoms. The highest BCUT2D eigenvalue weighted by Gasteiger charge is 2.28. The van der Waals surface area contributed by atoms with Gasteiger partial charge in [-0.3, -0.25) is 4.79 Å². The predicted molar refractivity (Wildman–Crippen MR) is 98.3 cm³/mol. The maximum absolute atomic E-state index is 12.9. The first-order valence-corrected chi connectivity index (χ1v) is 9.53. The molecule has 138 valence electrons. The number of likely N-dealkylation sites (tertiary alicyclic amines) is 1. The first kappa shape index (κ1) is 17.1. The fraction of sp³-hybridized carbons (Fsp3) is 0.550. The molecule has 1 saturated heterocycles. The fourth-order valence-electron chi connectivity index (χ4n) is 3.99. The Kier molecular flexibility index (Phi) is 4.66. The van der Waals surface area contributed by atoms with E-state index in [2.05, 4.69) is 34.7 Å². The van der Waals surface area contributed by atoms with Crippen LogP contribution in [0.1, 0.15) is 55.6 Å². The Labute approximate surface area is 154 Å². The molecule has 4 rings (SSSR count). The fourth-order valence-corrected chi connectivity index (χ4v) is 3.99. The van der Waals surface area contributed by atoms with E-state index in [4.69, 9.17) is 4.74 Å². The molecule has 26 heavy (non-hydrogen) atoms. The lowest BCUT2D eigenvalue weighted by molar-refractivity contribution is -0.131. The van der Waals surface area contributed by atoms with Gasteiger partial charge in [-0.05, 0) is 43.9 Å². The topological polar surface area (TPSA) is 60.2 Å². The molecule has 3 heterocycles. The number of benzene rings is 1. The van der Waals surface area contributed by atoms with Gasteiger partial charge in [0.05, 0.1) is 13.0 Å². The van der Waals surface area contributed by atoms with Crippen LogP contribution in [0.15, 0.2) is 24.5 Å². The summed E-state index contributed by atoms with van der Waals surface area (Å²) in [5, 5.41) is 8.43. The molecule has 0 saturated carbocycles. The van der Waals surface area contributed by atoms with Crippen LogP contribution in [0, 0.1) is 0 Å². The second-order valence-corrected chi connectivity index (χ2v) is 7.59. The van der Waals surface area contributed by atoms with Gasteiger partial charge in [0, 0.05) is 31.5 Å². The van der Waals surface area contributed by atoms with Crippen LogP contribution in [0.3, 0.4) is 0 Å². The number of aromatic nitrogens is 3. The van der Waals surface area contributed by atoms with Crippen molar-refractivity contribution >= 4 is 5.91 Å².